The van der Waals surface area contributed by atoms with Gasteiger partial charge in [0.05, 0.1) is 11.5 Å². The third-order valence-electron chi connectivity index (χ3n) is 3.30. The van der Waals surface area contributed by atoms with Crippen LogP contribution in [0.2, 0.25) is 5.02 Å². The van der Waals surface area contributed by atoms with Gasteiger partial charge in [0.2, 0.25) is 10.0 Å². The number of methoxy groups -OCH3 is 1. The number of likely N-dealkylation sites (N-methyl/N-ethyl adjacent to an activating group) is 1. The molecule has 1 rings (SSSR count). The monoisotopic (exact) mass is 334 g/mol. The number of rotatable bonds is 8. The standard InChI is InChI=1S/C14H23ClN2O3S/c1-5-16-10-12-8-13(15)9-14(11(12)2)21(18,19)17(3)6-7-20-4/h8-9,16H,5-7,10H2,1-4H3. The molecular weight excluding hydrogens is 312 g/mol. The van der Waals surface area contributed by atoms with Gasteiger partial charge in [-0.3, -0.25) is 0 Å². The van der Waals surface area contributed by atoms with Crippen LogP contribution < -0.4 is 5.32 Å². The molecule has 21 heavy (non-hydrogen) atoms. The van der Waals surface area contributed by atoms with Crippen molar-refractivity contribution in [2.24, 2.45) is 0 Å². The van der Waals surface area contributed by atoms with Crippen LogP contribution in [-0.2, 0) is 21.3 Å². The van der Waals surface area contributed by atoms with Crippen LogP contribution in [0.1, 0.15) is 18.1 Å². The van der Waals surface area contributed by atoms with E-state index in [4.69, 9.17) is 16.3 Å². The molecule has 0 saturated heterocycles. The summed E-state index contributed by atoms with van der Waals surface area (Å²) >= 11 is 6.08. The molecule has 0 aromatic heterocycles. The quantitative estimate of drug-likeness (QED) is 0.790. The maximum atomic E-state index is 12.6. The minimum absolute atomic E-state index is 0.251. The van der Waals surface area contributed by atoms with Crippen molar-refractivity contribution < 1.29 is 13.2 Å². The van der Waals surface area contributed by atoms with E-state index in [1.807, 2.05) is 6.92 Å². The second kappa shape index (κ2) is 8.10. The molecule has 5 nitrogen and oxygen atoms in total. The molecule has 0 saturated carbocycles. The summed E-state index contributed by atoms with van der Waals surface area (Å²) in [6, 6.07) is 3.30. The van der Waals surface area contributed by atoms with Gasteiger partial charge >= 0.3 is 0 Å². The van der Waals surface area contributed by atoms with Crippen LogP contribution in [0.5, 0.6) is 0 Å². The molecule has 0 amide bonds. The average molecular weight is 335 g/mol. The van der Waals surface area contributed by atoms with Crippen molar-refractivity contribution >= 4 is 21.6 Å². The van der Waals surface area contributed by atoms with Crippen LogP contribution in [-0.4, -0.2) is 46.6 Å². The lowest BCUT2D eigenvalue weighted by molar-refractivity contribution is 0.185. The number of halogens is 1. The molecule has 0 aliphatic rings. The summed E-state index contributed by atoms with van der Waals surface area (Å²) in [6.07, 6.45) is 0. The van der Waals surface area contributed by atoms with Gasteiger partial charge in [-0.15, -0.1) is 0 Å². The van der Waals surface area contributed by atoms with E-state index in [2.05, 4.69) is 5.32 Å². The number of hydrogen-bond acceptors (Lipinski definition) is 4. The van der Waals surface area contributed by atoms with E-state index in [1.165, 1.54) is 10.4 Å². The molecule has 0 fully saturated rings. The summed E-state index contributed by atoms with van der Waals surface area (Å²) in [5.41, 5.74) is 1.62. The first-order valence-electron chi connectivity index (χ1n) is 6.79. The van der Waals surface area contributed by atoms with Gasteiger partial charge in [-0.05, 0) is 36.7 Å². The number of ether oxygens (including phenoxy) is 1. The van der Waals surface area contributed by atoms with Crippen LogP contribution >= 0.6 is 11.6 Å². The zero-order valence-corrected chi connectivity index (χ0v) is 14.5. The predicted molar refractivity (Wildman–Crippen MR) is 85.3 cm³/mol. The maximum Gasteiger partial charge on any atom is 0.243 e. The second-order valence-corrected chi connectivity index (χ2v) is 7.24. The van der Waals surface area contributed by atoms with Crippen molar-refractivity contribution in [2.45, 2.75) is 25.3 Å². The average Bonchev–Trinajstić information content (AvgIpc) is 2.44. The number of hydrogen-bond donors (Lipinski definition) is 1. The molecular formula is C14H23ClN2O3S. The zero-order valence-electron chi connectivity index (χ0n) is 12.9. The fourth-order valence-corrected chi connectivity index (χ4v) is 3.68. The van der Waals surface area contributed by atoms with Crippen molar-refractivity contribution in [3.8, 4) is 0 Å². The highest BCUT2D eigenvalue weighted by molar-refractivity contribution is 7.89. The summed E-state index contributed by atoms with van der Waals surface area (Å²) < 4.78 is 31.5. The minimum atomic E-state index is -3.57. The van der Waals surface area contributed by atoms with Crippen LogP contribution in [0.4, 0.5) is 0 Å². The van der Waals surface area contributed by atoms with E-state index in [0.29, 0.717) is 24.7 Å². The lowest BCUT2D eigenvalue weighted by atomic mass is 10.1. The molecule has 0 aliphatic carbocycles. The summed E-state index contributed by atoms with van der Waals surface area (Å²) in [6.45, 7) is 5.85. The van der Waals surface area contributed by atoms with E-state index in [-0.39, 0.29) is 4.90 Å². The molecule has 1 aromatic carbocycles. The lowest BCUT2D eigenvalue weighted by Gasteiger charge is -2.20. The Balaban J connectivity index is 3.19. The Morgan fingerprint density at radius 2 is 2.05 bits per heavy atom. The maximum absolute atomic E-state index is 12.6. The molecule has 120 valence electrons. The van der Waals surface area contributed by atoms with Gasteiger partial charge in [0, 0.05) is 32.3 Å². The van der Waals surface area contributed by atoms with Gasteiger partial charge in [0.15, 0.2) is 0 Å². The van der Waals surface area contributed by atoms with Gasteiger partial charge in [0.1, 0.15) is 0 Å². The molecule has 0 unspecified atom stereocenters. The van der Waals surface area contributed by atoms with Gasteiger partial charge in [-0.25, -0.2) is 8.42 Å². The zero-order chi connectivity index (χ0) is 16.0. The Labute approximate surface area is 132 Å². The van der Waals surface area contributed by atoms with Crippen molar-refractivity contribution in [3.63, 3.8) is 0 Å². The fourth-order valence-electron chi connectivity index (χ4n) is 1.93. The Morgan fingerprint density at radius 3 is 2.62 bits per heavy atom. The number of nitrogens with zero attached hydrogens (tertiary/aromatic N) is 1. The van der Waals surface area contributed by atoms with Crippen LogP contribution in [0.15, 0.2) is 17.0 Å². The number of nitrogens with one attached hydrogen (secondary N) is 1. The van der Waals surface area contributed by atoms with Gasteiger partial charge in [-0.1, -0.05) is 18.5 Å². The van der Waals surface area contributed by atoms with E-state index in [0.717, 1.165) is 17.7 Å². The summed E-state index contributed by atoms with van der Waals surface area (Å²) in [4.78, 5) is 0.251. The first-order valence-corrected chi connectivity index (χ1v) is 8.61. The van der Waals surface area contributed by atoms with Crippen molar-refractivity contribution in [1.82, 2.24) is 9.62 Å². The van der Waals surface area contributed by atoms with Gasteiger partial charge in [0.25, 0.3) is 0 Å². The minimum Gasteiger partial charge on any atom is -0.383 e. The molecule has 7 heteroatoms. The summed E-state index contributed by atoms with van der Waals surface area (Å²) in [5, 5.41) is 3.61. The molecule has 0 heterocycles. The Morgan fingerprint density at radius 1 is 1.38 bits per heavy atom. The highest BCUT2D eigenvalue weighted by Crippen LogP contribution is 2.26. The highest BCUT2D eigenvalue weighted by atomic mass is 35.5. The first kappa shape index (κ1) is 18.4. The van der Waals surface area contributed by atoms with E-state index in [1.54, 1.807) is 27.1 Å². The molecule has 1 N–H and O–H groups in total. The number of benzene rings is 1. The second-order valence-electron chi connectivity index (χ2n) is 4.79. The van der Waals surface area contributed by atoms with E-state index < -0.39 is 10.0 Å². The van der Waals surface area contributed by atoms with Crippen LogP contribution in [0.3, 0.4) is 0 Å². The predicted octanol–water partition coefficient (Wildman–Crippen LogP) is 2.02. The number of sulfonamides is 1. The SMILES string of the molecule is CCNCc1cc(Cl)cc(S(=O)(=O)N(C)CCOC)c1C. The molecule has 0 aliphatic heterocycles. The molecule has 1 aromatic rings. The third-order valence-corrected chi connectivity index (χ3v) is 5.50. The third kappa shape index (κ3) is 4.66. The highest BCUT2D eigenvalue weighted by Gasteiger charge is 2.24. The first-order chi connectivity index (χ1) is 9.84. The lowest BCUT2D eigenvalue weighted by Crippen LogP contribution is -2.31. The van der Waals surface area contributed by atoms with Gasteiger partial charge in [-0.2, -0.15) is 4.31 Å². The largest absolute Gasteiger partial charge is 0.383 e. The van der Waals surface area contributed by atoms with Crippen molar-refractivity contribution in [1.29, 1.82) is 0 Å². The van der Waals surface area contributed by atoms with E-state index in [9.17, 15) is 8.42 Å². The van der Waals surface area contributed by atoms with Crippen molar-refractivity contribution in [2.75, 3.05) is 33.9 Å². The summed E-state index contributed by atoms with van der Waals surface area (Å²) in [5.74, 6) is 0. The molecule has 0 bridgehead atoms. The van der Waals surface area contributed by atoms with Crippen LogP contribution in [0, 0.1) is 6.92 Å². The topological polar surface area (TPSA) is 58.6 Å². The van der Waals surface area contributed by atoms with E-state index >= 15 is 0 Å². The smallest absolute Gasteiger partial charge is 0.243 e. The Kier molecular flexibility index (Phi) is 7.09. The molecule has 0 spiro atoms. The Bertz CT molecular complexity index is 576. The summed E-state index contributed by atoms with van der Waals surface area (Å²) in [7, 11) is -0.489. The fraction of sp³-hybridized carbons (Fsp3) is 0.571. The van der Waals surface area contributed by atoms with Gasteiger partial charge < -0.3 is 10.1 Å². The van der Waals surface area contributed by atoms with Crippen LogP contribution in [0.25, 0.3) is 0 Å². The molecule has 0 atom stereocenters. The Hall–Kier alpha value is -0.660. The van der Waals surface area contributed by atoms with Crippen molar-refractivity contribution in [3.05, 3.63) is 28.3 Å². The normalized spacial score (nSPS) is 12.1. The molecule has 0 radical (unpaired) electrons.